The van der Waals surface area contributed by atoms with E-state index in [1.54, 1.807) is 18.9 Å². The lowest BCUT2D eigenvalue weighted by atomic mass is 9.85. The van der Waals surface area contributed by atoms with Gasteiger partial charge in [0.2, 0.25) is 0 Å². The largest absolute Gasteiger partial charge is 0.497 e. The summed E-state index contributed by atoms with van der Waals surface area (Å²) in [6, 6.07) is 14.4. The summed E-state index contributed by atoms with van der Waals surface area (Å²) in [5, 5.41) is 3.84. The molecule has 2 heterocycles. The molecule has 4 rings (SSSR count). The highest BCUT2D eigenvalue weighted by Crippen LogP contribution is 2.37. The highest BCUT2D eigenvalue weighted by molar-refractivity contribution is 7.98. The number of nitrogens with one attached hydrogen (secondary N) is 2. The van der Waals surface area contributed by atoms with Crippen LogP contribution in [0.4, 0.5) is 4.79 Å². The Morgan fingerprint density at radius 1 is 0.976 bits per heavy atom. The van der Waals surface area contributed by atoms with Crippen molar-refractivity contribution in [2.24, 2.45) is 5.41 Å². The van der Waals surface area contributed by atoms with E-state index in [9.17, 15) is 4.79 Å². The first-order valence-corrected chi connectivity index (χ1v) is 14.9. The highest BCUT2D eigenvalue weighted by Gasteiger charge is 2.24. The number of thioether (sulfide) groups is 1. The van der Waals surface area contributed by atoms with E-state index in [0.717, 1.165) is 62.0 Å². The number of benzene rings is 2. The standard InChI is InChI=1S/C33H42N4O3S/c1-20-10-12-22(13-11-20)29-24(18-34-31(38)40-33(6,7)8)28(17-32(3,4)5)35-21(2)25(29)19-41-30-36-26-15-14-23(39-9)16-27(26)37-30/h10-16H,17-19H2,1-9H3,(H,34,38)(H,36,37). The fourth-order valence-corrected chi connectivity index (χ4v) is 5.68. The van der Waals surface area contributed by atoms with Gasteiger partial charge in [-0.05, 0) is 75.3 Å². The predicted molar refractivity (Wildman–Crippen MR) is 168 cm³/mol. The summed E-state index contributed by atoms with van der Waals surface area (Å²) in [4.78, 5) is 26.1. The van der Waals surface area contributed by atoms with Crippen molar-refractivity contribution in [1.29, 1.82) is 0 Å². The van der Waals surface area contributed by atoms with Crippen LogP contribution in [0.3, 0.4) is 0 Å². The summed E-state index contributed by atoms with van der Waals surface area (Å²) < 4.78 is 10.9. The fraction of sp³-hybridized carbons (Fsp3) is 0.424. The van der Waals surface area contributed by atoms with Crippen LogP contribution >= 0.6 is 11.8 Å². The molecule has 7 nitrogen and oxygen atoms in total. The van der Waals surface area contributed by atoms with Gasteiger partial charge < -0.3 is 19.8 Å². The van der Waals surface area contributed by atoms with Gasteiger partial charge in [-0.2, -0.15) is 0 Å². The topological polar surface area (TPSA) is 89.1 Å². The molecule has 1 amide bonds. The molecule has 0 unspecified atom stereocenters. The van der Waals surface area contributed by atoms with Crippen LogP contribution in [0.25, 0.3) is 22.2 Å². The van der Waals surface area contributed by atoms with Gasteiger partial charge in [0.1, 0.15) is 11.4 Å². The molecule has 0 aliphatic heterocycles. The van der Waals surface area contributed by atoms with Crippen molar-refractivity contribution in [1.82, 2.24) is 20.3 Å². The fourth-order valence-electron chi connectivity index (χ4n) is 4.70. The first-order chi connectivity index (χ1) is 19.2. The molecule has 0 bridgehead atoms. The number of aryl methyl sites for hydroxylation is 2. The molecular weight excluding hydrogens is 532 g/mol. The van der Waals surface area contributed by atoms with E-state index in [1.165, 1.54) is 5.56 Å². The lowest BCUT2D eigenvalue weighted by Gasteiger charge is -2.26. The number of hydrogen-bond acceptors (Lipinski definition) is 6. The molecule has 0 saturated heterocycles. The monoisotopic (exact) mass is 574 g/mol. The minimum Gasteiger partial charge on any atom is -0.497 e. The first kappa shape index (κ1) is 30.4. The number of fused-ring (bicyclic) bond motifs is 1. The Hall–Kier alpha value is -3.52. The van der Waals surface area contributed by atoms with E-state index >= 15 is 0 Å². The second-order valence-electron chi connectivity index (χ2n) is 12.6. The molecule has 2 aromatic heterocycles. The molecule has 0 aliphatic carbocycles. The first-order valence-electron chi connectivity index (χ1n) is 13.9. The van der Waals surface area contributed by atoms with Crippen molar-refractivity contribution in [2.75, 3.05) is 7.11 Å². The third-order valence-corrected chi connectivity index (χ3v) is 7.46. The zero-order valence-corrected chi connectivity index (χ0v) is 26.5. The van der Waals surface area contributed by atoms with Crippen LogP contribution in [0.1, 0.15) is 69.6 Å². The minimum absolute atomic E-state index is 0.0102. The third-order valence-electron chi connectivity index (χ3n) is 6.56. The number of rotatable bonds is 8. The predicted octanol–water partition coefficient (Wildman–Crippen LogP) is 8.16. The van der Waals surface area contributed by atoms with Gasteiger partial charge in [-0.15, -0.1) is 0 Å². The molecule has 0 fully saturated rings. The van der Waals surface area contributed by atoms with Gasteiger partial charge in [-0.3, -0.25) is 4.98 Å². The van der Waals surface area contributed by atoms with Crippen LogP contribution in [-0.2, 0) is 23.5 Å². The molecule has 2 aromatic carbocycles. The number of ether oxygens (including phenoxy) is 2. The Bertz CT molecular complexity index is 1530. The molecule has 8 heteroatoms. The van der Waals surface area contributed by atoms with Crippen molar-refractivity contribution in [3.05, 3.63) is 70.5 Å². The second kappa shape index (κ2) is 12.1. The molecule has 2 N–H and O–H groups in total. The van der Waals surface area contributed by atoms with E-state index in [1.807, 2.05) is 39.0 Å². The summed E-state index contributed by atoms with van der Waals surface area (Å²) in [7, 11) is 1.66. The van der Waals surface area contributed by atoms with Crippen molar-refractivity contribution in [3.8, 4) is 16.9 Å². The van der Waals surface area contributed by atoms with Crippen molar-refractivity contribution in [2.45, 2.75) is 84.9 Å². The SMILES string of the molecule is COc1ccc2nc(SCc3c(C)nc(CC(C)(C)C)c(CNC(=O)OC(C)(C)C)c3-c3ccc(C)cc3)[nH]c2c1. The van der Waals surface area contributed by atoms with Crippen LogP contribution in [0, 0.1) is 19.3 Å². The maximum absolute atomic E-state index is 12.7. The second-order valence-corrected chi connectivity index (χ2v) is 13.6. The zero-order chi connectivity index (χ0) is 29.9. The molecule has 0 atom stereocenters. The number of imidazole rings is 1. The Morgan fingerprint density at radius 2 is 1.68 bits per heavy atom. The normalized spacial score (nSPS) is 12.0. The van der Waals surface area contributed by atoms with Gasteiger partial charge in [-0.25, -0.2) is 9.78 Å². The van der Waals surface area contributed by atoms with E-state index in [2.05, 4.69) is 69.2 Å². The average Bonchev–Trinajstić information content (AvgIpc) is 3.28. The number of carbonyl (C=O) groups excluding carboxylic acids is 1. The summed E-state index contributed by atoms with van der Waals surface area (Å²) in [5.74, 6) is 1.45. The molecule has 218 valence electrons. The van der Waals surface area contributed by atoms with Crippen molar-refractivity contribution >= 4 is 28.9 Å². The maximum atomic E-state index is 12.7. The van der Waals surface area contributed by atoms with Crippen LogP contribution in [0.5, 0.6) is 5.75 Å². The zero-order valence-electron chi connectivity index (χ0n) is 25.7. The molecule has 0 saturated carbocycles. The molecular formula is C33H42N4O3S. The average molecular weight is 575 g/mol. The van der Waals surface area contributed by atoms with Crippen molar-refractivity contribution < 1.29 is 14.3 Å². The van der Waals surface area contributed by atoms with Gasteiger partial charge in [0.25, 0.3) is 0 Å². The summed E-state index contributed by atoms with van der Waals surface area (Å²) in [5.41, 5.74) is 8.76. The van der Waals surface area contributed by atoms with E-state index < -0.39 is 11.7 Å². The minimum atomic E-state index is -0.581. The number of nitrogens with zero attached hydrogens (tertiary/aromatic N) is 2. The van der Waals surface area contributed by atoms with Gasteiger partial charge in [0.05, 0.1) is 18.1 Å². The number of aromatic nitrogens is 3. The molecule has 0 radical (unpaired) electrons. The number of carbonyl (C=O) groups is 1. The Kier molecular flexibility index (Phi) is 9.02. The Morgan fingerprint density at radius 3 is 2.32 bits per heavy atom. The lowest BCUT2D eigenvalue weighted by Crippen LogP contribution is -2.33. The van der Waals surface area contributed by atoms with Gasteiger partial charge in [0.15, 0.2) is 5.16 Å². The van der Waals surface area contributed by atoms with Crippen LogP contribution in [-0.4, -0.2) is 33.8 Å². The van der Waals surface area contributed by atoms with Crippen LogP contribution < -0.4 is 10.1 Å². The Balaban J connectivity index is 1.79. The van der Waals surface area contributed by atoms with E-state index in [-0.39, 0.29) is 5.41 Å². The van der Waals surface area contributed by atoms with Gasteiger partial charge in [-0.1, -0.05) is 62.4 Å². The number of H-pyrrole nitrogens is 1. The van der Waals surface area contributed by atoms with Crippen LogP contribution in [0.2, 0.25) is 0 Å². The maximum Gasteiger partial charge on any atom is 0.407 e. The Labute approximate surface area is 247 Å². The van der Waals surface area contributed by atoms with Crippen molar-refractivity contribution in [3.63, 3.8) is 0 Å². The number of pyridine rings is 1. The number of alkyl carbamates (subject to hydrolysis) is 1. The third kappa shape index (κ3) is 8.03. The number of aromatic amines is 1. The lowest BCUT2D eigenvalue weighted by molar-refractivity contribution is 0.0523. The number of hydrogen-bond donors (Lipinski definition) is 2. The molecule has 0 aliphatic rings. The highest BCUT2D eigenvalue weighted by atomic mass is 32.2. The summed E-state index contributed by atoms with van der Waals surface area (Å²) in [6.07, 6.45) is 0.333. The van der Waals surface area contributed by atoms with E-state index in [4.69, 9.17) is 19.4 Å². The molecule has 0 spiro atoms. The summed E-state index contributed by atoms with van der Waals surface area (Å²) >= 11 is 1.64. The number of methoxy groups -OCH3 is 1. The smallest absolute Gasteiger partial charge is 0.407 e. The van der Waals surface area contributed by atoms with E-state index in [0.29, 0.717) is 12.3 Å². The quantitative estimate of drug-likeness (QED) is 0.206. The summed E-state index contributed by atoms with van der Waals surface area (Å²) in [6.45, 7) is 16.7. The van der Waals surface area contributed by atoms with Gasteiger partial charge in [0, 0.05) is 35.3 Å². The molecule has 4 aromatic rings. The van der Waals surface area contributed by atoms with Gasteiger partial charge >= 0.3 is 6.09 Å². The molecule has 41 heavy (non-hydrogen) atoms. The van der Waals surface area contributed by atoms with Crippen LogP contribution in [0.15, 0.2) is 47.6 Å². The number of amides is 1.